The van der Waals surface area contributed by atoms with Crippen molar-refractivity contribution in [3.8, 4) is 0 Å². The maximum Gasteiger partial charge on any atom is 0.191 e. The molecule has 1 atom stereocenters. The van der Waals surface area contributed by atoms with Crippen LogP contribution in [0.15, 0.2) is 12.7 Å². The summed E-state index contributed by atoms with van der Waals surface area (Å²) in [5.74, 6) is 0. The van der Waals surface area contributed by atoms with Gasteiger partial charge in [-0.1, -0.05) is 72.2 Å². The molecule has 0 radical (unpaired) electrons. The second kappa shape index (κ2) is 9.43. The van der Waals surface area contributed by atoms with Crippen molar-refractivity contribution < 1.29 is 4.43 Å². The monoisotopic (exact) mass is 342 g/mol. The van der Waals surface area contributed by atoms with Gasteiger partial charge in [-0.25, -0.2) is 0 Å². The largest absolute Gasteiger partial charge is 0.417 e. The number of hydrogen-bond acceptors (Lipinski definition) is 1. The Kier molecular flexibility index (Phi) is 9.49. The lowest BCUT2D eigenvalue weighted by Gasteiger charge is -2.37. The molecule has 22 heavy (non-hydrogen) atoms. The van der Waals surface area contributed by atoms with Gasteiger partial charge in [-0.2, -0.15) is 0 Å². The van der Waals surface area contributed by atoms with Gasteiger partial charge in [-0.3, -0.25) is 0 Å². The Morgan fingerprint density at radius 3 is 1.86 bits per heavy atom. The van der Waals surface area contributed by atoms with Crippen LogP contribution in [0.3, 0.4) is 0 Å². The molecule has 0 N–H and O–H groups in total. The summed E-state index contributed by atoms with van der Waals surface area (Å²) >= 11 is 0. The molecule has 3 heteroatoms. The molecule has 0 amide bonds. The minimum absolute atomic E-state index is 0.325. The van der Waals surface area contributed by atoms with Crippen molar-refractivity contribution in [2.75, 3.05) is 6.61 Å². The standard InChI is InChI=1S/C19H42OSi2/c1-10-18(22(11-2,12-3)13-4)16-14-15-17-20-21(8,9)19(5,6)7/h10,18H,1,11-17H2,2-9H3. The third-order valence-corrected chi connectivity index (χ3v) is 17.2. The molecule has 0 heterocycles. The van der Waals surface area contributed by atoms with Gasteiger partial charge in [0.15, 0.2) is 8.32 Å². The van der Waals surface area contributed by atoms with E-state index in [9.17, 15) is 0 Å². The molecular weight excluding hydrogens is 300 g/mol. The second-order valence-electron chi connectivity index (χ2n) is 8.37. The van der Waals surface area contributed by atoms with Crippen molar-refractivity contribution in [3.05, 3.63) is 12.7 Å². The van der Waals surface area contributed by atoms with Crippen molar-refractivity contribution in [3.63, 3.8) is 0 Å². The van der Waals surface area contributed by atoms with E-state index in [2.05, 4.69) is 67.3 Å². The summed E-state index contributed by atoms with van der Waals surface area (Å²) in [5.41, 5.74) is 0.792. The minimum Gasteiger partial charge on any atom is -0.417 e. The molecule has 0 fully saturated rings. The topological polar surface area (TPSA) is 9.23 Å². The Morgan fingerprint density at radius 1 is 1.00 bits per heavy atom. The first kappa shape index (κ1) is 22.1. The van der Waals surface area contributed by atoms with E-state index in [1.54, 1.807) is 0 Å². The molecule has 0 rings (SSSR count). The van der Waals surface area contributed by atoms with E-state index in [1.807, 2.05) is 0 Å². The van der Waals surface area contributed by atoms with Crippen LogP contribution >= 0.6 is 0 Å². The molecule has 0 aromatic carbocycles. The van der Waals surface area contributed by atoms with E-state index < -0.39 is 16.4 Å². The van der Waals surface area contributed by atoms with Crippen molar-refractivity contribution in [1.82, 2.24) is 0 Å². The molecule has 0 spiro atoms. The van der Waals surface area contributed by atoms with Gasteiger partial charge in [-0.05, 0) is 36.5 Å². The second-order valence-corrected chi connectivity index (χ2v) is 18.8. The summed E-state index contributed by atoms with van der Waals surface area (Å²) in [7, 11) is -2.68. The van der Waals surface area contributed by atoms with Crippen molar-refractivity contribution in [2.24, 2.45) is 0 Å². The lowest BCUT2D eigenvalue weighted by Crippen LogP contribution is -2.41. The predicted octanol–water partition coefficient (Wildman–Crippen LogP) is 7.24. The smallest absolute Gasteiger partial charge is 0.191 e. The molecular formula is C19H42OSi2. The van der Waals surface area contributed by atoms with Crippen LogP contribution in [0.1, 0.15) is 60.8 Å². The molecule has 0 aliphatic carbocycles. The molecule has 1 nitrogen and oxygen atoms in total. The van der Waals surface area contributed by atoms with Crippen molar-refractivity contribution in [1.29, 1.82) is 0 Å². The highest BCUT2D eigenvalue weighted by Gasteiger charge is 2.37. The minimum atomic E-state index is -1.56. The average molecular weight is 343 g/mol. The van der Waals surface area contributed by atoms with Crippen LogP contribution in [0.5, 0.6) is 0 Å². The maximum atomic E-state index is 6.30. The molecule has 0 saturated heterocycles. The van der Waals surface area contributed by atoms with E-state index in [-0.39, 0.29) is 0 Å². The first-order valence-electron chi connectivity index (χ1n) is 9.36. The summed E-state index contributed by atoms with van der Waals surface area (Å²) in [5, 5.41) is 0.325. The first-order chi connectivity index (χ1) is 10.1. The third kappa shape index (κ3) is 5.97. The van der Waals surface area contributed by atoms with E-state index in [4.69, 9.17) is 4.43 Å². The van der Waals surface area contributed by atoms with E-state index in [0.717, 1.165) is 12.1 Å². The van der Waals surface area contributed by atoms with Crippen LogP contribution in [-0.4, -0.2) is 23.0 Å². The van der Waals surface area contributed by atoms with Gasteiger partial charge in [0.25, 0.3) is 0 Å². The highest BCUT2D eigenvalue weighted by Crippen LogP contribution is 2.38. The molecule has 0 aromatic rings. The molecule has 0 aliphatic heterocycles. The van der Waals surface area contributed by atoms with E-state index in [1.165, 1.54) is 37.4 Å². The zero-order valence-electron chi connectivity index (χ0n) is 16.7. The van der Waals surface area contributed by atoms with Gasteiger partial charge in [0, 0.05) is 6.61 Å². The summed E-state index contributed by atoms with van der Waals surface area (Å²) < 4.78 is 6.30. The van der Waals surface area contributed by atoms with Gasteiger partial charge in [-0.15, -0.1) is 6.58 Å². The molecule has 0 aromatic heterocycles. The maximum absolute atomic E-state index is 6.30. The van der Waals surface area contributed by atoms with E-state index in [0.29, 0.717) is 5.04 Å². The van der Waals surface area contributed by atoms with Gasteiger partial charge < -0.3 is 4.43 Å². The summed E-state index contributed by atoms with van der Waals surface area (Å²) in [6.07, 6.45) is 6.10. The SMILES string of the molecule is C=CC(CCCCO[Si](C)(C)C(C)(C)C)[Si](CC)(CC)CC. The highest BCUT2D eigenvalue weighted by molar-refractivity contribution is 6.81. The molecule has 0 aliphatic rings. The van der Waals surface area contributed by atoms with Crippen molar-refractivity contribution >= 4 is 16.4 Å². The zero-order valence-corrected chi connectivity index (χ0v) is 18.7. The normalized spacial score (nSPS) is 14.9. The average Bonchev–Trinajstić information content (AvgIpc) is 2.45. The lowest BCUT2D eigenvalue weighted by atomic mass is 10.2. The van der Waals surface area contributed by atoms with Gasteiger partial charge in [0.05, 0.1) is 8.07 Å². The Bertz CT molecular complexity index is 306. The quantitative estimate of drug-likeness (QED) is 0.218. The van der Waals surface area contributed by atoms with Crippen LogP contribution in [0, 0.1) is 0 Å². The Balaban J connectivity index is 4.32. The Labute approximate surface area is 143 Å². The zero-order chi connectivity index (χ0) is 17.4. The molecule has 132 valence electrons. The van der Waals surface area contributed by atoms with Gasteiger partial charge in [0.2, 0.25) is 0 Å². The summed E-state index contributed by atoms with van der Waals surface area (Å²) in [4.78, 5) is 0. The number of unbranched alkanes of at least 4 members (excludes halogenated alkanes) is 1. The van der Waals surface area contributed by atoms with Crippen LogP contribution in [0.25, 0.3) is 0 Å². The third-order valence-electron chi connectivity index (χ3n) is 6.36. The number of hydrogen-bond donors (Lipinski definition) is 0. The van der Waals surface area contributed by atoms with Crippen LogP contribution in [0.4, 0.5) is 0 Å². The fourth-order valence-electron chi connectivity index (χ4n) is 3.22. The number of rotatable bonds is 11. The van der Waals surface area contributed by atoms with Crippen molar-refractivity contribution in [2.45, 2.75) is 103 Å². The first-order valence-corrected chi connectivity index (χ1v) is 15.0. The molecule has 1 unspecified atom stereocenters. The van der Waals surface area contributed by atoms with Crippen LogP contribution < -0.4 is 0 Å². The van der Waals surface area contributed by atoms with Gasteiger partial charge in [0.1, 0.15) is 0 Å². The number of allylic oxidation sites excluding steroid dienone is 1. The fourth-order valence-corrected chi connectivity index (χ4v) is 8.70. The lowest BCUT2D eigenvalue weighted by molar-refractivity contribution is 0.278. The molecule has 0 bridgehead atoms. The Hall–Kier alpha value is 0.134. The van der Waals surface area contributed by atoms with E-state index >= 15 is 0 Å². The van der Waals surface area contributed by atoms with Crippen LogP contribution in [0.2, 0.25) is 41.8 Å². The molecule has 0 saturated carbocycles. The predicted molar refractivity (Wildman–Crippen MR) is 108 cm³/mol. The summed E-state index contributed by atoms with van der Waals surface area (Å²) in [6.45, 7) is 23.9. The Morgan fingerprint density at radius 2 is 1.50 bits per heavy atom. The highest BCUT2D eigenvalue weighted by atomic mass is 28.4. The fraction of sp³-hybridized carbons (Fsp3) is 0.895. The van der Waals surface area contributed by atoms with Crippen LogP contribution in [-0.2, 0) is 4.43 Å². The van der Waals surface area contributed by atoms with Gasteiger partial charge >= 0.3 is 0 Å². The summed E-state index contributed by atoms with van der Waals surface area (Å²) in [6, 6.07) is 4.20.